The first-order valence-corrected chi connectivity index (χ1v) is 11.3. The lowest BCUT2D eigenvalue weighted by Gasteiger charge is -2.49. The fourth-order valence-electron chi connectivity index (χ4n) is 7.02. The van der Waals surface area contributed by atoms with Crippen LogP contribution in [0.1, 0.15) is 73.5 Å². The molecule has 2 saturated carbocycles. The molecule has 3 aliphatic carbocycles. The highest BCUT2D eigenvalue weighted by Gasteiger charge is 2.51. The molecule has 2 aromatic carbocycles. The van der Waals surface area contributed by atoms with Gasteiger partial charge in [0.1, 0.15) is 13.2 Å². The molecule has 0 amide bonds. The first-order valence-electron chi connectivity index (χ1n) is 11.3. The van der Waals surface area contributed by atoms with Gasteiger partial charge in [-0.05, 0) is 84.1 Å². The molecule has 3 atom stereocenters. The Hall–Kier alpha value is -1.96. The molecule has 146 valence electrons. The molecule has 2 aromatic rings. The Morgan fingerprint density at radius 3 is 2.54 bits per heavy atom. The summed E-state index contributed by atoms with van der Waals surface area (Å²) in [5.41, 5.74) is 5.32. The smallest absolute Gasteiger partial charge is 0.161 e. The Labute approximate surface area is 168 Å². The lowest BCUT2D eigenvalue weighted by atomic mass is 9.55. The zero-order valence-electron chi connectivity index (χ0n) is 16.7. The average molecular weight is 375 g/mol. The van der Waals surface area contributed by atoms with Gasteiger partial charge in [0, 0.05) is 0 Å². The van der Waals surface area contributed by atoms with Gasteiger partial charge in [0.25, 0.3) is 0 Å². The molecule has 0 aromatic heterocycles. The summed E-state index contributed by atoms with van der Waals surface area (Å²) in [4.78, 5) is 0. The molecule has 0 N–H and O–H groups in total. The van der Waals surface area contributed by atoms with E-state index in [9.17, 15) is 0 Å². The Bertz CT molecular complexity index is 880. The fraction of sp³-hybridized carbons (Fsp3) is 0.538. The number of fused-ring (bicyclic) bond motifs is 5. The summed E-state index contributed by atoms with van der Waals surface area (Å²) < 4.78 is 11.6. The lowest BCUT2D eigenvalue weighted by molar-refractivity contribution is 0.0752. The highest BCUT2D eigenvalue weighted by molar-refractivity contribution is 5.46. The first kappa shape index (κ1) is 16.9. The van der Waals surface area contributed by atoms with Crippen LogP contribution in [0.3, 0.4) is 0 Å². The summed E-state index contributed by atoms with van der Waals surface area (Å²) in [6.07, 6.45) is 11.1. The Balaban J connectivity index is 1.37. The van der Waals surface area contributed by atoms with Crippen molar-refractivity contribution in [3.05, 3.63) is 59.2 Å². The van der Waals surface area contributed by atoms with Crippen LogP contribution in [0.15, 0.2) is 42.5 Å². The van der Waals surface area contributed by atoms with E-state index in [1.165, 1.54) is 56.9 Å². The second-order valence-corrected chi connectivity index (χ2v) is 9.58. The Kier molecular flexibility index (Phi) is 3.96. The predicted molar refractivity (Wildman–Crippen MR) is 111 cm³/mol. The van der Waals surface area contributed by atoms with Crippen LogP contribution >= 0.6 is 0 Å². The zero-order valence-corrected chi connectivity index (χ0v) is 16.7. The van der Waals surface area contributed by atoms with E-state index >= 15 is 0 Å². The summed E-state index contributed by atoms with van der Waals surface area (Å²) in [6.45, 7) is 1.34. The monoisotopic (exact) mass is 374 g/mol. The van der Waals surface area contributed by atoms with Crippen LogP contribution in [-0.4, -0.2) is 13.2 Å². The maximum Gasteiger partial charge on any atom is 0.161 e. The third kappa shape index (κ3) is 2.60. The summed E-state index contributed by atoms with van der Waals surface area (Å²) in [7, 11) is 0. The normalized spacial score (nSPS) is 29.9. The number of hydrogen-bond acceptors (Lipinski definition) is 2. The SMILES string of the molecule is c1ccc2c(c1)CC1(CCCCC1)C1CC(c3ccc4c(c3)OCCO4)CC21. The number of ether oxygens (including phenoxy) is 2. The van der Waals surface area contributed by atoms with E-state index in [1.807, 2.05) is 0 Å². The number of benzene rings is 2. The van der Waals surface area contributed by atoms with E-state index in [1.54, 1.807) is 11.1 Å². The van der Waals surface area contributed by atoms with Gasteiger partial charge in [-0.15, -0.1) is 0 Å². The van der Waals surface area contributed by atoms with Crippen LogP contribution < -0.4 is 9.47 Å². The second kappa shape index (κ2) is 6.54. The molecule has 1 aliphatic heterocycles. The van der Waals surface area contributed by atoms with Gasteiger partial charge in [0.15, 0.2) is 11.5 Å². The molecular weight excluding hydrogens is 344 g/mol. The minimum Gasteiger partial charge on any atom is -0.486 e. The van der Waals surface area contributed by atoms with Crippen LogP contribution in [0, 0.1) is 11.3 Å². The van der Waals surface area contributed by atoms with Crippen molar-refractivity contribution in [2.45, 2.75) is 63.2 Å². The fourth-order valence-corrected chi connectivity index (χ4v) is 7.02. The van der Waals surface area contributed by atoms with Gasteiger partial charge in [-0.25, -0.2) is 0 Å². The van der Waals surface area contributed by atoms with Gasteiger partial charge < -0.3 is 9.47 Å². The molecule has 2 heteroatoms. The van der Waals surface area contributed by atoms with Crippen molar-refractivity contribution in [1.82, 2.24) is 0 Å². The molecule has 2 nitrogen and oxygen atoms in total. The Morgan fingerprint density at radius 2 is 1.64 bits per heavy atom. The minimum atomic E-state index is 0.555. The number of hydrogen-bond donors (Lipinski definition) is 0. The van der Waals surface area contributed by atoms with Crippen LogP contribution in [0.5, 0.6) is 11.5 Å². The van der Waals surface area contributed by atoms with Crippen molar-refractivity contribution in [3.63, 3.8) is 0 Å². The number of rotatable bonds is 1. The van der Waals surface area contributed by atoms with Crippen molar-refractivity contribution in [2.75, 3.05) is 13.2 Å². The molecule has 0 radical (unpaired) electrons. The van der Waals surface area contributed by atoms with E-state index in [0.29, 0.717) is 24.5 Å². The van der Waals surface area contributed by atoms with Gasteiger partial charge in [-0.3, -0.25) is 0 Å². The molecule has 0 bridgehead atoms. The van der Waals surface area contributed by atoms with E-state index < -0.39 is 0 Å². The van der Waals surface area contributed by atoms with Crippen molar-refractivity contribution >= 4 is 0 Å². The van der Waals surface area contributed by atoms with Crippen LogP contribution in [0.4, 0.5) is 0 Å². The summed E-state index contributed by atoms with van der Waals surface area (Å²) in [5.74, 6) is 4.10. The average Bonchev–Trinajstić information content (AvgIpc) is 3.21. The summed E-state index contributed by atoms with van der Waals surface area (Å²) >= 11 is 0. The molecule has 28 heavy (non-hydrogen) atoms. The minimum absolute atomic E-state index is 0.555. The maximum atomic E-state index is 5.88. The van der Waals surface area contributed by atoms with E-state index in [4.69, 9.17) is 9.47 Å². The van der Waals surface area contributed by atoms with E-state index in [-0.39, 0.29) is 0 Å². The Morgan fingerprint density at radius 1 is 0.821 bits per heavy atom. The quantitative estimate of drug-likeness (QED) is 0.588. The lowest BCUT2D eigenvalue weighted by Crippen LogP contribution is -2.40. The summed E-state index contributed by atoms with van der Waals surface area (Å²) in [5, 5.41) is 0. The maximum absolute atomic E-state index is 5.88. The molecule has 2 fully saturated rings. The molecule has 0 saturated heterocycles. The third-order valence-electron chi connectivity index (χ3n) is 8.23. The van der Waals surface area contributed by atoms with Crippen LogP contribution in [0.25, 0.3) is 0 Å². The molecule has 1 heterocycles. The van der Waals surface area contributed by atoms with Crippen LogP contribution in [0.2, 0.25) is 0 Å². The molecule has 1 spiro atoms. The topological polar surface area (TPSA) is 18.5 Å². The van der Waals surface area contributed by atoms with E-state index in [2.05, 4.69) is 42.5 Å². The molecule has 4 aliphatic rings. The van der Waals surface area contributed by atoms with Gasteiger partial charge in [0.2, 0.25) is 0 Å². The highest BCUT2D eigenvalue weighted by Crippen LogP contribution is 2.63. The molecular formula is C26H30O2. The van der Waals surface area contributed by atoms with Gasteiger partial charge >= 0.3 is 0 Å². The van der Waals surface area contributed by atoms with E-state index in [0.717, 1.165) is 23.3 Å². The standard InChI is InChI=1S/C26H30O2/c1-4-10-26(11-5-1)17-19-6-2-3-7-21(19)22-14-20(15-23(22)26)18-8-9-24-25(16-18)28-13-12-27-24/h2-3,6-9,16,20,22-23H,1,4-5,10-15,17H2. The van der Waals surface area contributed by atoms with Gasteiger partial charge in [-0.2, -0.15) is 0 Å². The zero-order chi connectivity index (χ0) is 18.6. The summed E-state index contributed by atoms with van der Waals surface area (Å²) in [6, 6.07) is 16.1. The van der Waals surface area contributed by atoms with Crippen molar-refractivity contribution in [1.29, 1.82) is 0 Å². The largest absolute Gasteiger partial charge is 0.486 e. The second-order valence-electron chi connectivity index (χ2n) is 9.58. The first-order chi connectivity index (χ1) is 13.8. The van der Waals surface area contributed by atoms with Crippen molar-refractivity contribution in [2.24, 2.45) is 11.3 Å². The van der Waals surface area contributed by atoms with Gasteiger partial charge in [0.05, 0.1) is 0 Å². The predicted octanol–water partition coefficient (Wildman–Crippen LogP) is 6.24. The molecule has 6 rings (SSSR count). The van der Waals surface area contributed by atoms with Crippen molar-refractivity contribution in [3.8, 4) is 11.5 Å². The van der Waals surface area contributed by atoms with Gasteiger partial charge in [-0.1, -0.05) is 49.6 Å². The van der Waals surface area contributed by atoms with Crippen molar-refractivity contribution < 1.29 is 9.47 Å². The van der Waals surface area contributed by atoms with Crippen LogP contribution in [-0.2, 0) is 6.42 Å². The molecule has 3 unspecified atom stereocenters. The third-order valence-corrected chi connectivity index (χ3v) is 8.23. The highest BCUT2D eigenvalue weighted by atomic mass is 16.6.